The Morgan fingerprint density at radius 3 is 2.46 bits per heavy atom. The van der Waals surface area contributed by atoms with Crippen LogP contribution in [0.25, 0.3) is 6.08 Å². The molecular weight excluding hydrogens is 527 g/mol. The second kappa shape index (κ2) is 12.4. The lowest BCUT2D eigenvalue weighted by Crippen LogP contribution is -2.53. The molecule has 1 heterocycles. The molecule has 4 amide bonds. The average molecular weight is 553 g/mol. The van der Waals surface area contributed by atoms with Crippen molar-refractivity contribution in [1.82, 2.24) is 10.2 Å². The number of nitrogens with zero attached hydrogens (tertiary/aromatic N) is 1. The Bertz CT molecular complexity index is 1440. The summed E-state index contributed by atoms with van der Waals surface area (Å²) in [6.45, 7) is 2.52. The van der Waals surface area contributed by atoms with E-state index in [1.54, 1.807) is 42.5 Å². The van der Waals surface area contributed by atoms with Crippen LogP contribution in [0.5, 0.6) is 17.2 Å². The highest BCUT2D eigenvalue weighted by molar-refractivity contribution is 6.33. The summed E-state index contributed by atoms with van der Waals surface area (Å²) in [4.78, 5) is 39.2. The summed E-state index contributed by atoms with van der Waals surface area (Å²) >= 11 is 6.35. The number of carbonyl (C=O) groups is 3. The van der Waals surface area contributed by atoms with Crippen LogP contribution < -0.4 is 19.5 Å². The van der Waals surface area contributed by atoms with Gasteiger partial charge in [-0.1, -0.05) is 42.8 Å². The van der Waals surface area contributed by atoms with Crippen LogP contribution in [0.1, 0.15) is 30.0 Å². The van der Waals surface area contributed by atoms with Crippen LogP contribution in [-0.2, 0) is 22.7 Å². The van der Waals surface area contributed by atoms with Gasteiger partial charge in [-0.3, -0.25) is 19.8 Å². The third kappa shape index (κ3) is 6.74. The van der Waals surface area contributed by atoms with Crippen molar-refractivity contribution < 1.29 is 33.0 Å². The fraction of sp³-hybridized carbons (Fsp3) is 0.207. The third-order valence-electron chi connectivity index (χ3n) is 5.77. The molecule has 0 atom stereocenters. The van der Waals surface area contributed by atoms with Gasteiger partial charge in [-0.2, -0.15) is 0 Å². The molecule has 3 aromatic rings. The molecule has 3 aromatic carbocycles. The second-order valence-electron chi connectivity index (χ2n) is 8.65. The molecule has 1 aliphatic heterocycles. The van der Waals surface area contributed by atoms with Gasteiger partial charge in [-0.15, -0.1) is 0 Å². The maximum absolute atomic E-state index is 13.4. The minimum absolute atomic E-state index is 0.0900. The predicted molar refractivity (Wildman–Crippen MR) is 143 cm³/mol. The highest BCUT2D eigenvalue weighted by Gasteiger charge is 2.35. The zero-order valence-electron chi connectivity index (χ0n) is 21.3. The lowest BCUT2D eigenvalue weighted by Gasteiger charge is -2.26. The molecule has 0 unspecified atom stereocenters. The maximum atomic E-state index is 13.4. The number of hydrogen-bond donors (Lipinski definition) is 1. The fourth-order valence-corrected chi connectivity index (χ4v) is 4.08. The molecule has 10 heteroatoms. The normalized spacial score (nSPS) is 14.4. The lowest BCUT2D eigenvalue weighted by atomic mass is 10.1. The molecule has 4 rings (SSSR count). The number of ether oxygens (including phenoxy) is 3. The van der Waals surface area contributed by atoms with Gasteiger partial charge < -0.3 is 14.2 Å². The summed E-state index contributed by atoms with van der Waals surface area (Å²) in [5.41, 5.74) is 1.46. The largest absolute Gasteiger partial charge is 0.493 e. The first-order chi connectivity index (χ1) is 18.8. The highest BCUT2D eigenvalue weighted by Crippen LogP contribution is 2.30. The smallest absolute Gasteiger partial charge is 0.331 e. The number of barbiturate groups is 1. The number of amides is 4. The van der Waals surface area contributed by atoms with E-state index in [0.717, 1.165) is 11.3 Å². The fourth-order valence-electron chi connectivity index (χ4n) is 3.84. The van der Waals surface area contributed by atoms with E-state index in [4.69, 9.17) is 25.8 Å². The van der Waals surface area contributed by atoms with Gasteiger partial charge in [0.1, 0.15) is 23.7 Å². The van der Waals surface area contributed by atoms with Crippen molar-refractivity contribution in [3.63, 3.8) is 0 Å². The number of urea groups is 1. The van der Waals surface area contributed by atoms with Gasteiger partial charge in [-0.25, -0.2) is 9.18 Å². The Hall–Kier alpha value is -4.37. The Kier molecular flexibility index (Phi) is 8.83. The summed E-state index contributed by atoms with van der Waals surface area (Å²) in [6.07, 6.45) is 2.17. The lowest BCUT2D eigenvalue weighted by molar-refractivity contribution is -0.130. The van der Waals surface area contributed by atoms with Crippen LogP contribution in [0.3, 0.4) is 0 Å². The predicted octanol–water partition coefficient (Wildman–Crippen LogP) is 5.52. The second-order valence-corrected chi connectivity index (χ2v) is 9.06. The first-order valence-corrected chi connectivity index (χ1v) is 12.5. The van der Waals surface area contributed by atoms with Crippen LogP contribution in [-0.4, -0.2) is 36.5 Å². The number of methoxy groups -OCH3 is 1. The Morgan fingerprint density at radius 2 is 1.74 bits per heavy atom. The first kappa shape index (κ1) is 27.7. The number of imide groups is 2. The van der Waals surface area contributed by atoms with E-state index < -0.39 is 17.8 Å². The molecule has 1 saturated heterocycles. The summed E-state index contributed by atoms with van der Waals surface area (Å²) < 4.78 is 30.1. The molecule has 0 radical (unpaired) electrons. The molecule has 0 saturated carbocycles. The van der Waals surface area contributed by atoms with Gasteiger partial charge in [0.2, 0.25) is 0 Å². The molecule has 8 nitrogen and oxygen atoms in total. The summed E-state index contributed by atoms with van der Waals surface area (Å²) in [7, 11) is 1.50. The zero-order valence-corrected chi connectivity index (χ0v) is 22.1. The van der Waals surface area contributed by atoms with Crippen molar-refractivity contribution in [1.29, 1.82) is 0 Å². The molecule has 0 aliphatic carbocycles. The zero-order chi connectivity index (χ0) is 27.9. The first-order valence-electron chi connectivity index (χ1n) is 12.1. The number of nitrogens with one attached hydrogen (secondary N) is 1. The number of rotatable bonds is 10. The number of carbonyl (C=O) groups excluding carboxylic acids is 3. The van der Waals surface area contributed by atoms with Crippen molar-refractivity contribution in [3.8, 4) is 17.2 Å². The molecule has 202 valence electrons. The molecule has 1 aliphatic rings. The van der Waals surface area contributed by atoms with Crippen molar-refractivity contribution in [2.75, 3.05) is 13.7 Å². The number of halogens is 2. The van der Waals surface area contributed by atoms with Gasteiger partial charge in [0.15, 0.2) is 11.5 Å². The van der Waals surface area contributed by atoms with Crippen LogP contribution in [0.15, 0.2) is 66.2 Å². The van der Waals surface area contributed by atoms with Crippen LogP contribution in [0, 0.1) is 5.82 Å². The highest BCUT2D eigenvalue weighted by atomic mass is 35.5. The van der Waals surface area contributed by atoms with Crippen molar-refractivity contribution in [2.45, 2.75) is 26.5 Å². The van der Waals surface area contributed by atoms with E-state index in [1.165, 1.54) is 31.4 Å². The van der Waals surface area contributed by atoms with E-state index >= 15 is 0 Å². The topological polar surface area (TPSA) is 94.2 Å². The molecule has 39 heavy (non-hydrogen) atoms. The van der Waals surface area contributed by atoms with Crippen molar-refractivity contribution in [2.24, 2.45) is 0 Å². The van der Waals surface area contributed by atoms with Gasteiger partial charge in [0, 0.05) is 0 Å². The monoisotopic (exact) mass is 552 g/mol. The Morgan fingerprint density at radius 1 is 0.949 bits per heavy atom. The van der Waals surface area contributed by atoms with E-state index in [2.05, 4.69) is 5.32 Å². The molecule has 1 fully saturated rings. The van der Waals surface area contributed by atoms with E-state index in [9.17, 15) is 18.8 Å². The standard InChI is InChI=1S/C29H26ClFN2O6/c1-3-11-38-25-10-8-19(15-26(25)37-2)16-33-28(35)22(27(34)32-29(33)36)13-18-7-9-24(23(30)14-18)39-17-20-5-4-6-21(31)12-20/h4-10,12-15H,3,11,16-17H2,1-2H3,(H,32,34,36)/b22-13+. The quantitative estimate of drug-likeness (QED) is 0.263. The molecular formula is C29H26ClFN2O6. The molecule has 0 spiro atoms. The maximum Gasteiger partial charge on any atom is 0.331 e. The van der Waals surface area contributed by atoms with Gasteiger partial charge >= 0.3 is 6.03 Å². The number of benzene rings is 3. The van der Waals surface area contributed by atoms with Gasteiger partial charge in [-0.05, 0) is 65.6 Å². The number of hydrogen-bond acceptors (Lipinski definition) is 6. The summed E-state index contributed by atoms with van der Waals surface area (Å²) in [5, 5.41) is 2.43. The molecule has 0 aromatic heterocycles. The Balaban J connectivity index is 1.50. The van der Waals surface area contributed by atoms with Gasteiger partial charge in [0.05, 0.1) is 25.3 Å². The van der Waals surface area contributed by atoms with Crippen molar-refractivity contribution >= 4 is 35.5 Å². The van der Waals surface area contributed by atoms with Crippen LogP contribution >= 0.6 is 11.6 Å². The van der Waals surface area contributed by atoms with E-state index in [0.29, 0.717) is 40.5 Å². The van der Waals surface area contributed by atoms with E-state index in [-0.39, 0.29) is 29.6 Å². The summed E-state index contributed by atoms with van der Waals surface area (Å²) in [6, 6.07) is 15.0. The average Bonchev–Trinajstić information content (AvgIpc) is 2.92. The van der Waals surface area contributed by atoms with Gasteiger partial charge in [0.25, 0.3) is 11.8 Å². The minimum Gasteiger partial charge on any atom is -0.493 e. The van der Waals surface area contributed by atoms with E-state index in [1.807, 2.05) is 6.92 Å². The molecule has 1 N–H and O–H groups in total. The van der Waals surface area contributed by atoms with Crippen LogP contribution in [0.4, 0.5) is 9.18 Å². The third-order valence-corrected chi connectivity index (χ3v) is 6.06. The SMILES string of the molecule is CCCOc1ccc(CN2C(=O)NC(=O)/C(=C\c3ccc(OCc4cccc(F)c4)c(Cl)c3)C2=O)cc1OC. The Labute approximate surface area is 229 Å². The molecule has 0 bridgehead atoms. The summed E-state index contributed by atoms with van der Waals surface area (Å²) in [5.74, 6) is -0.578. The van der Waals surface area contributed by atoms with Crippen molar-refractivity contribution in [3.05, 3.63) is 93.8 Å². The van der Waals surface area contributed by atoms with Crippen LogP contribution in [0.2, 0.25) is 5.02 Å². The minimum atomic E-state index is -0.827.